The van der Waals surface area contributed by atoms with E-state index < -0.39 is 172 Å². The van der Waals surface area contributed by atoms with E-state index >= 15 is 28.8 Å². The lowest BCUT2D eigenvalue weighted by molar-refractivity contribution is -0.158. The average Bonchev–Trinajstić information content (AvgIpc) is 1.43. The fourth-order valence-electron chi connectivity index (χ4n) is 16.1. The molecule has 12 amide bonds. The fourth-order valence-corrected chi connectivity index (χ4v) is 16.4. The molecule has 4 N–H and O–H groups in total. The molecule has 3 aliphatic carbocycles. The van der Waals surface area contributed by atoms with Gasteiger partial charge in [0.1, 0.15) is 59.9 Å². The number of carbonyl (C=O) groups is 12. The number of fused-ring (bicyclic) bond motifs is 2. The molecule has 29 heteroatoms. The summed E-state index contributed by atoms with van der Waals surface area (Å²) in [6, 6.07) is -7.86. The number of alkyl halides is 3. The number of morpholine rings is 1. The first kappa shape index (κ1) is 78.6. The van der Waals surface area contributed by atoms with Crippen molar-refractivity contribution in [1.29, 1.82) is 0 Å². The van der Waals surface area contributed by atoms with E-state index in [4.69, 9.17) is 16.3 Å². The topological polar surface area (TPSA) is 288 Å². The first-order chi connectivity index (χ1) is 47.3. The van der Waals surface area contributed by atoms with Gasteiger partial charge in [-0.05, 0) is 132 Å². The van der Waals surface area contributed by atoms with Gasteiger partial charge in [0.15, 0.2) is 0 Å². The molecule has 4 heterocycles. The molecule has 7 fully saturated rings. The minimum Gasteiger partial charge on any atom is -0.378 e. The van der Waals surface area contributed by atoms with E-state index in [0.717, 1.165) is 42.7 Å². The number of carbonyl (C=O) groups excluding carboxylic acids is 12. The quantitative estimate of drug-likeness (QED) is 0.235. The summed E-state index contributed by atoms with van der Waals surface area (Å²) >= 11 is 6.16. The third-order valence-corrected chi connectivity index (χ3v) is 22.5. The zero-order valence-electron chi connectivity index (χ0n) is 59.9. The van der Waals surface area contributed by atoms with Gasteiger partial charge in [0.2, 0.25) is 70.9 Å². The molecule has 4 aliphatic heterocycles. The predicted molar refractivity (Wildman–Crippen MR) is 364 cm³/mol. The molecular formula is C71H106ClF3N12O13. The number of hydrogen-bond acceptors (Lipinski definition) is 13. The lowest BCUT2D eigenvalue weighted by Gasteiger charge is -2.45. The number of aryl methyl sites for hydroxylation is 1. The van der Waals surface area contributed by atoms with Crippen molar-refractivity contribution in [3.8, 4) is 0 Å². The molecule has 1 spiro atoms. The Morgan fingerprint density at radius 2 is 1.28 bits per heavy atom. The molecule has 0 radical (unpaired) electrons. The number of nitrogens with zero attached hydrogens (tertiary/aromatic N) is 8. The van der Waals surface area contributed by atoms with Gasteiger partial charge < -0.3 is 65.2 Å². The van der Waals surface area contributed by atoms with Gasteiger partial charge in [-0.2, -0.15) is 13.2 Å². The lowest BCUT2D eigenvalue weighted by Crippen LogP contribution is -2.65. The zero-order chi connectivity index (χ0) is 73.2. The Bertz CT molecular complexity index is 3170. The molecule has 10 atom stereocenters. The van der Waals surface area contributed by atoms with Gasteiger partial charge in [0, 0.05) is 60.9 Å². The Balaban J connectivity index is 1.17. The van der Waals surface area contributed by atoms with Gasteiger partial charge in [-0.25, -0.2) is 0 Å². The highest BCUT2D eigenvalue weighted by atomic mass is 35.5. The van der Waals surface area contributed by atoms with E-state index in [0.29, 0.717) is 56.9 Å². The third-order valence-electron chi connectivity index (χ3n) is 22.2. The Morgan fingerprint density at radius 3 is 1.84 bits per heavy atom. The van der Waals surface area contributed by atoms with Crippen molar-refractivity contribution < 1.29 is 75.4 Å². The maximum Gasteiger partial charge on any atom is 0.417 e. The van der Waals surface area contributed by atoms with Crippen LogP contribution < -0.4 is 21.3 Å². The highest BCUT2D eigenvalue weighted by molar-refractivity contribution is 6.31. The van der Waals surface area contributed by atoms with Gasteiger partial charge in [0.25, 0.3) is 0 Å². The van der Waals surface area contributed by atoms with Crippen LogP contribution in [0.5, 0.6) is 0 Å². The van der Waals surface area contributed by atoms with Crippen LogP contribution >= 0.6 is 11.6 Å². The fraction of sp³-hybridized carbons (Fsp3) is 0.746. The Hall–Kier alpha value is -7.10. The monoisotopic (exact) mass is 1430 g/mol. The van der Waals surface area contributed by atoms with Crippen LogP contribution in [-0.2, 0) is 74.9 Å². The SMILES string of the molecule is CC[C@H](C)[C@@H]1NC(=O)[C@H](CC(C)C)N(CC)C(=O)C[C@@H](C(=O)N2CCOCC2)N(C)C(=O)[C@H](C2CCCC2)N(C)C(=O)C2(CCCC2)NC(=O)[C@@H]2CCCN2C(=O)[C@H](CCc2ccc(C(F)(F)F)c(Cl)c2)NC(=O)CN(C)C(=O)[C@H](C2CCCC2)N(C)C(=O)[C@@H]2CCN2C(=O)[C@H](C)NC1=O. The largest absolute Gasteiger partial charge is 0.417 e. The van der Waals surface area contributed by atoms with Crippen LogP contribution in [0.4, 0.5) is 13.2 Å². The highest BCUT2D eigenvalue weighted by Gasteiger charge is 2.52. The molecule has 0 aromatic heterocycles. The van der Waals surface area contributed by atoms with E-state index in [9.17, 15) is 41.9 Å². The van der Waals surface area contributed by atoms with E-state index in [1.807, 2.05) is 20.8 Å². The summed E-state index contributed by atoms with van der Waals surface area (Å²) < 4.78 is 47.2. The van der Waals surface area contributed by atoms with Crippen LogP contribution in [0.15, 0.2) is 18.2 Å². The minimum absolute atomic E-state index is 0.0239. The van der Waals surface area contributed by atoms with Crippen molar-refractivity contribution in [3.63, 3.8) is 0 Å². The third kappa shape index (κ3) is 18.0. The van der Waals surface area contributed by atoms with Gasteiger partial charge >= 0.3 is 6.18 Å². The normalized spacial score (nSPS) is 28.5. The summed E-state index contributed by atoms with van der Waals surface area (Å²) in [5.74, 6) is -9.14. The van der Waals surface area contributed by atoms with Crippen molar-refractivity contribution in [1.82, 2.24) is 60.5 Å². The maximum atomic E-state index is 15.7. The summed E-state index contributed by atoms with van der Waals surface area (Å²) in [5.41, 5.74) is -2.35. The van der Waals surface area contributed by atoms with Crippen LogP contribution in [0.3, 0.4) is 0 Å². The standard InChI is InChI=1S/C71H106ClF3N12O13/c1-11-43(5)57-62(92)76-44(6)63(93)87-33-29-52(87)65(95)82(9)58(46-20-13-14-21-46)67(97)80(7)41-55(88)77-50(28-26-45-25-27-48(49(72)39-45)71(73,74)75)64(94)86-32-19-24-51(86)61(91)79-70(30-17-18-31-70)69(99)83(10)59(47-22-15-16-23-47)68(98)81(8)54(66(96)84-34-36-100-37-35-84)40-56(89)85(12-2)53(38-42(3)4)60(90)78-57/h25,27,39,42-44,46-47,50-54,57-59H,11-24,26,28-38,40-41H2,1-10H3,(H,76,92)(H,77,88)(H,78,90)(H,79,91)/t43-,44-,50-,51-,52-,53-,54-,57-,58-,59-/m0/s1. The molecule has 7 aliphatic rings. The summed E-state index contributed by atoms with van der Waals surface area (Å²) in [6.07, 6.45) is 2.15. The second kappa shape index (κ2) is 34.2. The molecule has 25 nitrogen and oxygen atoms in total. The summed E-state index contributed by atoms with van der Waals surface area (Å²) in [4.78, 5) is 191. The van der Waals surface area contributed by atoms with Crippen LogP contribution in [0.1, 0.15) is 175 Å². The Labute approximate surface area is 590 Å². The van der Waals surface area contributed by atoms with E-state index in [1.54, 1.807) is 13.8 Å². The van der Waals surface area contributed by atoms with Crippen molar-refractivity contribution >= 4 is 82.5 Å². The predicted octanol–water partition coefficient (Wildman–Crippen LogP) is 4.68. The number of amides is 12. The van der Waals surface area contributed by atoms with Gasteiger partial charge in [0.05, 0.1) is 36.8 Å². The second-order valence-electron chi connectivity index (χ2n) is 29.3. The van der Waals surface area contributed by atoms with E-state index in [2.05, 4.69) is 21.3 Å². The summed E-state index contributed by atoms with van der Waals surface area (Å²) in [5, 5.41) is 11.0. The lowest BCUT2D eigenvalue weighted by atomic mass is 9.90. The van der Waals surface area contributed by atoms with Crippen molar-refractivity contribution in [2.75, 3.05) is 80.7 Å². The van der Waals surface area contributed by atoms with Crippen molar-refractivity contribution in [2.45, 2.75) is 236 Å². The number of ether oxygens (including phenoxy) is 1. The van der Waals surface area contributed by atoms with Crippen LogP contribution in [0.25, 0.3) is 0 Å². The van der Waals surface area contributed by atoms with Crippen molar-refractivity contribution in [2.24, 2.45) is 23.7 Å². The number of nitrogens with one attached hydrogen (secondary N) is 4. The van der Waals surface area contributed by atoms with Gasteiger partial charge in [-0.3, -0.25) is 57.5 Å². The smallest absolute Gasteiger partial charge is 0.378 e. The Morgan fingerprint density at radius 1 is 0.670 bits per heavy atom. The van der Waals surface area contributed by atoms with Crippen molar-refractivity contribution in [3.05, 3.63) is 34.3 Å². The number of hydrogen-bond donors (Lipinski definition) is 4. The molecule has 3 saturated carbocycles. The molecule has 556 valence electrons. The number of likely N-dealkylation sites (N-methyl/N-ethyl adjacent to an activating group) is 5. The highest BCUT2D eigenvalue weighted by Crippen LogP contribution is 2.39. The summed E-state index contributed by atoms with van der Waals surface area (Å²) in [6.45, 7) is 10.7. The molecule has 1 aromatic carbocycles. The Kier molecular flexibility index (Phi) is 26.9. The molecular weight excluding hydrogens is 1320 g/mol. The molecule has 100 heavy (non-hydrogen) atoms. The minimum atomic E-state index is -4.76. The van der Waals surface area contributed by atoms with Gasteiger partial charge in [-0.15, -0.1) is 0 Å². The number of rotatable bonds is 11. The molecule has 8 rings (SSSR count). The first-order valence-corrected chi connectivity index (χ1v) is 36.6. The second-order valence-corrected chi connectivity index (χ2v) is 29.8. The molecule has 0 unspecified atom stereocenters. The number of benzene rings is 1. The number of halogens is 4. The van der Waals surface area contributed by atoms with Crippen LogP contribution in [0.2, 0.25) is 5.02 Å². The molecule has 0 bridgehead atoms. The van der Waals surface area contributed by atoms with Gasteiger partial charge in [-0.1, -0.05) is 90.3 Å². The molecule has 1 aromatic rings. The van der Waals surface area contributed by atoms with E-state index in [1.165, 1.54) is 75.5 Å². The first-order valence-electron chi connectivity index (χ1n) is 36.2. The molecule has 4 saturated heterocycles. The summed E-state index contributed by atoms with van der Waals surface area (Å²) in [7, 11) is 5.79. The van der Waals surface area contributed by atoms with Crippen LogP contribution in [-0.4, -0.2) is 251 Å². The van der Waals surface area contributed by atoms with E-state index in [-0.39, 0.29) is 103 Å². The zero-order valence-corrected chi connectivity index (χ0v) is 60.7. The maximum absolute atomic E-state index is 15.7. The average molecular weight is 1430 g/mol. The van der Waals surface area contributed by atoms with Crippen LogP contribution in [0, 0.1) is 23.7 Å².